The highest BCUT2D eigenvalue weighted by atomic mass is 31.0. The maximum absolute atomic E-state index is 10.3. The number of carboxylic acids is 1. The minimum absolute atomic E-state index is 0.593. The van der Waals surface area contributed by atoms with Gasteiger partial charge in [-0.25, -0.2) is 4.79 Å². The van der Waals surface area contributed by atoms with E-state index in [9.17, 15) is 4.79 Å². The van der Waals surface area contributed by atoms with E-state index in [4.69, 9.17) is 5.11 Å². The van der Waals surface area contributed by atoms with Gasteiger partial charge in [0, 0.05) is 9.47 Å². The third-order valence-electron chi connectivity index (χ3n) is 1.26. The zero-order valence-electron chi connectivity index (χ0n) is 6.04. The van der Waals surface area contributed by atoms with Crippen LogP contribution >= 0.6 is 9.47 Å². The Balaban J connectivity index is 3.50. The van der Waals surface area contributed by atoms with Crippen LogP contribution in [0.2, 0.25) is 0 Å². The summed E-state index contributed by atoms with van der Waals surface area (Å²) in [4.78, 5) is 10.3. The Labute approximate surface area is 63.0 Å². The van der Waals surface area contributed by atoms with Gasteiger partial charge in [-0.05, 0) is 6.42 Å². The van der Waals surface area contributed by atoms with E-state index in [1.54, 1.807) is 0 Å². The van der Waals surface area contributed by atoms with Crippen LogP contribution in [-0.4, -0.2) is 17.2 Å². The summed E-state index contributed by atoms with van der Waals surface area (Å²) in [6.07, 6.45) is 1.84. The van der Waals surface area contributed by atoms with Crippen LogP contribution in [0.5, 0.6) is 0 Å². The van der Waals surface area contributed by atoms with E-state index in [2.05, 4.69) is 4.52 Å². The lowest BCUT2D eigenvalue weighted by molar-refractivity contribution is -0.144. The second-order valence-electron chi connectivity index (χ2n) is 2.11. The first kappa shape index (κ1) is 9.86. The summed E-state index contributed by atoms with van der Waals surface area (Å²) < 4.78 is 4.63. The Morgan fingerprint density at radius 2 is 2.40 bits per heavy atom. The molecule has 2 atom stereocenters. The molecule has 0 saturated heterocycles. The summed E-state index contributed by atoms with van der Waals surface area (Å²) in [6, 6.07) is 0. The highest BCUT2D eigenvalue weighted by Gasteiger charge is 2.14. The minimum Gasteiger partial charge on any atom is -0.479 e. The smallest absolute Gasteiger partial charge is 0.333 e. The van der Waals surface area contributed by atoms with Gasteiger partial charge in [-0.1, -0.05) is 19.8 Å². The van der Waals surface area contributed by atoms with Crippen LogP contribution in [0.4, 0.5) is 0 Å². The first-order valence-electron chi connectivity index (χ1n) is 3.30. The molecule has 10 heavy (non-hydrogen) atoms. The quantitative estimate of drug-likeness (QED) is 0.625. The van der Waals surface area contributed by atoms with Crippen molar-refractivity contribution in [3.63, 3.8) is 0 Å². The van der Waals surface area contributed by atoms with Crippen molar-refractivity contribution in [1.29, 1.82) is 0 Å². The molecule has 0 aliphatic heterocycles. The molecule has 60 valence electrons. The highest BCUT2D eigenvalue weighted by Crippen LogP contribution is 2.07. The zero-order valence-corrected chi connectivity index (χ0v) is 7.19. The van der Waals surface area contributed by atoms with Crippen molar-refractivity contribution in [2.45, 2.75) is 32.3 Å². The Morgan fingerprint density at radius 3 is 2.70 bits per heavy atom. The van der Waals surface area contributed by atoms with Crippen LogP contribution in [-0.2, 0) is 9.32 Å². The molecule has 0 aromatic carbocycles. The molecule has 0 aromatic rings. The van der Waals surface area contributed by atoms with Crippen molar-refractivity contribution in [1.82, 2.24) is 0 Å². The van der Waals surface area contributed by atoms with E-state index in [-0.39, 0.29) is 0 Å². The fraction of sp³-hybridized carbons (Fsp3) is 0.833. The third kappa shape index (κ3) is 3.80. The lowest BCUT2D eigenvalue weighted by Crippen LogP contribution is -2.19. The van der Waals surface area contributed by atoms with Crippen molar-refractivity contribution in [3.8, 4) is 0 Å². The predicted molar refractivity (Wildman–Crippen MR) is 41.7 cm³/mol. The Morgan fingerprint density at radius 1 is 1.80 bits per heavy atom. The van der Waals surface area contributed by atoms with E-state index in [0.29, 0.717) is 6.42 Å². The molecule has 1 N–H and O–H groups in total. The second kappa shape index (κ2) is 5.63. The van der Waals surface area contributed by atoms with Crippen LogP contribution in [0.1, 0.15) is 26.2 Å². The molecule has 0 heterocycles. The number of hydrogen-bond acceptors (Lipinski definition) is 2. The van der Waals surface area contributed by atoms with Gasteiger partial charge in [0.05, 0.1) is 0 Å². The predicted octanol–water partition coefficient (Wildman–Crippen LogP) is 1.44. The van der Waals surface area contributed by atoms with Gasteiger partial charge >= 0.3 is 5.97 Å². The summed E-state index contributed by atoms with van der Waals surface area (Å²) in [7, 11) is 1.98. The molecular formula is C6H13O3P. The summed E-state index contributed by atoms with van der Waals surface area (Å²) >= 11 is 0. The van der Waals surface area contributed by atoms with E-state index in [0.717, 1.165) is 12.8 Å². The molecule has 0 aromatic heterocycles. The van der Waals surface area contributed by atoms with Crippen molar-refractivity contribution >= 4 is 15.4 Å². The topological polar surface area (TPSA) is 46.5 Å². The Hall–Kier alpha value is -0.140. The number of aliphatic carboxylic acids is 1. The van der Waals surface area contributed by atoms with Crippen LogP contribution in [0.3, 0.4) is 0 Å². The van der Waals surface area contributed by atoms with Gasteiger partial charge in [0.1, 0.15) is 0 Å². The molecule has 0 aliphatic carbocycles. The molecule has 0 amide bonds. The van der Waals surface area contributed by atoms with Crippen molar-refractivity contribution in [2.24, 2.45) is 0 Å². The Bertz CT molecular complexity index is 105. The molecule has 0 rings (SSSR count). The average Bonchev–Trinajstić information content (AvgIpc) is 1.89. The number of unbranched alkanes of at least 4 members (excludes halogenated alkanes) is 1. The van der Waals surface area contributed by atoms with Gasteiger partial charge in [-0.15, -0.1) is 0 Å². The van der Waals surface area contributed by atoms with Crippen LogP contribution in [0, 0.1) is 0 Å². The van der Waals surface area contributed by atoms with Crippen molar-refractivity contribution < 1.29 is 14.4 Å². The summed E-state index contributed by atoms with van der Waals surface area (Å²) in [5.74, 6) is -0.886. The largest absolute Gasteiger partial charge is 0.479 e. The fourth-order valence-electron chi connectivity index (χ4n) is 0.639. The average molecular weight is 164 g/mol. The number of hydrogen-bond donors (Lipinski definition) is 1. The molecule has 0 aliphatic rings. The molecule has 4 heteroatoms. The number of carboxylic acid groups (broad SMARTS) is 1. The standard InChI is InChI=1S/C6H13O3P/c1-2-3-4-5(9-10)6(7)8/h5H,2-4,10H2,1H3,(H,7,8). The van der Waals surface area contributed by atoms with E-state index < -0.39 is 12.1 Å². The fourth-order valence-corrected chi connectivity index (χ4v) is 0.892. The van der Waals surface area contributed by atoms with Gasteiger partial charge in [-0.2, -0.15) is 0 Å². The lowest BCUT2D eigenvalue weighted by Gasteiger charge is -2.07. The maximum atomic E-state index is 10.3. The lowest BCUT2D eigenvalue weighted by atomic mass is 10.2. The first-order chi connectivity index (χ1) is 4.72. The van der Waals surface area contributed by atoms with Gasteiger partial charge in [-0.3, -0.25) is 0 Å². The summed E-state index contributed by atoms with van der Waals surface area (Å²) in [5, 5.41) is 8.46. The minimum atomic E-state index is -0.886. The second-order valence-corrected chi connectivity index (χ2v) is 2.38. The van der Waals surface area contributed by atoms with Crippen LogP contribution in [0.15, 0.2) is 0 Å². The zero-order chi connectivity index (χ0) is 7.98. The third-order valence-corrected chi connectivity index (χ3v) is 1.59. The van der Waals surface area contributed by atoms with Crippen LogP contribution < -0.4 is 0 Å². The maximum Gasteiger partial charge on any atom is 0.333 e. The van der Waals surface area contributed by atoms with E-state index in [1.807, 2.05) is 16.4 Å². The number of carbonyl (C=O) groups is 1. The molecule has 3 nitrogen and oxygen atoms in total. The van der Waals surface area contributed by atoms with Gasteiger partial charge in [0.15, 0.2) is 6.10 Å². The highest BCUT2D eigenvalue weighted by molar-refractivity contribution is 7.09. The normalized spacial score (nSPS) is 13.0. The number of rotatable bonds is 5. The molecular weight excluding hydrogens is 151 g/mol. The monoisotopic (exact) mass is 164 g/mol. The molecule has 0 bridgehead atoms. The Kier molecular flexibility index (Phi) is 5.55. The van der Waals surface area contributed by atoms with Gasteiger partial charge in [0.25, 0.3) is 0 Å². The molecule has 0 saturated carbocycles. The first-order valence-corrected chi connectivity index (χ1v) is 3.77. The van der Waals surface area contributed by atoms with E-state index in [1.165, 1.54) is 0 Å². The van der Waals surface area contributed by atoms with Gasteiger partial charge < -0.3 is 9.63 Å². The summed E-state index contributed by atoms with van der Waals surface area (Å²) in [6.45, 7) is 2.02. The SMILES string of the molecule is CCCCC(OP)C(=O)O. The van der Waals surface area contributed by atoms with Crippen LogP contribution in [0.25, 0.3) is 0 Å². The summed E-state index contributed by atoms with van der Waals surface area (Å²) in [5.41, 5.74) is 0. The molecule has 0 spiro atoms. The molecule has 2 unspecified atom stereocenters. The molecule has 0 radical (unpaired) electrons. The van der Waals surface area contributed by atoms with E-state index >= 15 is 0 Å². The molecule has 0 fully saturated rings. The van der Waals surface area contributed by atoms with Gasteiger partial charge in [0.2, 0.25) is 0 Å². The van der Waals surface area contributed by atoms with Crippen molar-refractivity contribution in [2.75, 3.05) is 0 Å². The van der Waals surface area contributed by atoms with Crippen molar-refractivity contribution in [3.05, 3.63) is 0 Å².